The van der Waals surface area contributed by atoms with Gasteiger partial charge in [0.05, 0.1) is 12.5 Å². The summed E-state index contributed by atoms with van der Waals surface area (Å²) in [6.07, 6.45) is -1.39. The van der Waals surface area contributed by atoms with Gasteiger partial charge in [0.2, 0.25) is 11.8 Å². The SMILES string of the molecule is CC[C@H](C)[C@@H](NC(=O)C[C@@H](O)CNC(=O)OCc1ccccc1)C(N)=O. The third-order valence-electron chi connectivity index (χ3n) is 3.95. The summed E-state index contributed by atoms with van der Waals surface area (Å²) in [6, 6.07) is 8.37. The van der Waals surface area contributed by atoms with Crippen molar-refractivity contribution in [2.24, 2.45) is 11.7 Å². The first-order chi connectivity index (χ1) is 12.3. The summed E-state index contributed by atoms with van der Waals surface area (Å²) in [6.45, 7) is 3.65. The molecule has 0 saturated carbocycles. The van der Waals surface area contributed by atoms with Crippen molar-refractivity contribution in [2.75, 3.05) is 6.54 Å². The molecule has 8 nitrogen and oxygen atoms in total. The van der Waals surface area contributed by atoms with E-state index in [9.17, 15) is 19.5 Å². The number of nitrogens with one attached hydrogen (secondary N) is 2. The van der Waals surface area contributed by atoms with Gasteiger partial charge >= 0.3 is 6.09 Å². The number of carbonyl (C=O) groups excluding carboxylic acids is 3. The number of aliphatic hydroxyl groups excluding tert-OH is 1. The van der Waals surface area contributed by atoms with Crippen molar-refractivity contribution < 1.29 is 24.2 Å². The summed E-state index contributed by atoms with van der Waals surface area (Å²) < 4.78 is 5.00. The predicted molar refractivity (Wildman–Crippen MR) is 95.8 cm³/mol. The fourth-order valence-electron chi connectivity index (χ4n) is 2.22. The zero-order valence-electron chi connectivity index (χ0n) is 15.1. The van der Waals surface area contributed by atoms with E-state index in [2.05, 4.69) is 10.6 Å². The van der Waals surface area contributed by atoms with Crippen LogP contribution in [0.3, 0.4) is 0 Å². The van der Waals surface area contributed by atoms with Gasteiger partial charge < -0.3 is 26.2 Å². The molecule has 0 aliphatic carbocycles. The largest absolute Gasteiger partial charge is 0.445 e. The van der Waals surface area contributed by atoms with E-state index in [0.29, 0.717) is 6.42 Å². The molecule has 3 atom stereocenters. The number of ether oxygens (including phenoxy) is 1. The van der Waals surface area contributed by atoms with Gasteiger partial charge in [-0.1, -0.05) is 50.6 Å². The van der Waals surface area contributed by atoms with Gasteiger partial charge in [-0.2, -0.15) is 0 Å². The molecule has 1 aromatic rings. The van der Waals surface area contributed by atoms with Crippen molar-refractivity contribution in [2.45, 2.75) is 45.4 Å². The number of nitrogens with two attached hydrogens (primary N) is 1. The van der Waals surface area contributed by atoms with Gasteiger partial charge in [-0.3, -0.25) is 9.59 Å². The van der Waals surface area contributed by atoms with E-state index >= 15 is 0 Å². The van der Waals surface area contributed by atoms with Gasteiger partial charge in [-0.15, -0.1) is 0 Å². The molecule has 26 heavy (non-hydrogen) atoms. The van der Waals surface area contributed by atoms with E-state index in [0.717, 1.165) is 5.56 Å². The quantitative estimate of drug-likeness (QED) is 0.484. The van der Waals surface area contributed by atoms with Crippen LogP contribution in [0.15, 0.2) is 30.3 Å². The van der Waals surface area contributed by atoms with E-state index in [-0.39, 0.29) is 25.5 Å². The van der Waals surface area contributed by atoms with E-state index in [4.69, 9.17) is 10.5 Å². The Labute approximate surface area is 153 Å². The lowest BCUT2D eigenvalue weighted by molar-refractivity contribution is -0.129. The second kappa shape index (κ2) is 11.1. The third-order valence-corrected chi connectivity index (χ3v) is 3.95. The molecule has 144 valence electrons. The second-order valence-electron chi connectivity index (χ2n) is 6.13. The van der Waals surface area contributed by atoms with Gasteiger partial charge in [0.1, 0.15) is 12.6 Å². The second-order valence-corrected chi connectivity index (χ2v) is 6.13. The normalized spacial score (nSPS) is 14.0. The smallest absolute Gasteiger partial charge is 0.407 e. The predicted octanol–water partition coefficient (Wildman–Crippen LogP) is 0.680. The van der Waals surface area contributed by atoms with Crippen LogP contribution >= 0.6 is 0 Å². The Kier molecular flexibility index (Phi) is 9.14. The van der Waals surface area contributed by atoms with Crippen LogP contribution in [0.25, 0.3) is 0 Å². The molecule has 0 unspecified atom stereocenters. The zero-order valence-corrected chi connectivity index (χ0v) is 15.1. The van der Waals surface area contributed by atoms with Gasteiger partial charge in [0.15, 0.2) is 0 Å². The van der Waals surface area contributed by atoms with Crippen LogP contribution in [0.1, 0.15) is 32.3 Å². The zero-order chi connectivity index (χ0) is 19.5. The van der Waals surface area contributed by atoms with Crippen molar-refractivity contribution in [1.29, 1.82) is 0 Å². The maximum atomic E-state index is 11.9. The molecule has 5 N–H and O–H groups in total. The van der Waals surface area contributed by atoms with Gasteiger partial charge in [0.25, 0.3) is 0 Å². The highest BCUT2D eigenvalue weighted by Gasteiger charge is 2.24. The molecular weight excluding hydrogens is 338 g/mol. The number of primary amides is 1. The summed E-state index contributed by atoms with van der Waals surface area (Å²) in [5.74, 6) is -1.24. The Bertz CT molecular complexity index is 594. The van der Waals surface area contributed by atoms with Gasteiger partial charge in [0, 0.05) is 6.54 Å². The number of alkyl carbamates (subject to hydrolysis) is 1. The minimum atomic E-state index is -1.11. The van der Waals surface area contributed by atoms with E-state index < -0.39 is 30.1 Å². The summed E-state index contributed by atoms with van der Waals surface area (Å²) in [7, 11) is 0. The molecule has 0 heterocycles. The first-order valence-corrected chi connectivity index (χ1v) is 8.54. The number of aliphatic hydroxyl groups is 1. The van der Waals surface area contributed by atoms with Crippen LogP contribution in [0.2, 0.25) is 0 Å². The molecule has 0 aliphatic rings. The number of rotatable bonds is 10. The summed E-state index contributed by atoms with van der Waals surface area (Å²) in [5.41, 5.74) is 6.12. The van der Waals surface area contributed by atoms with E-state index in [1.54, 1.807) is 6.92 Å². The van der Waals surface area contributed by atoms with Crippen LogP contribution in [0.4, 0.5) is 4.79 Å². The van der Waals surface area contributed by atoms with Crippen molar-refractivity contribution in [3.05, 3.63) is 35.9 Å². The van der Waals surface area contributed by atoms with Crippen LogP contribution < -0.4 is 16.4 Å². The molecule has 3 amide bonds. The molecule has 0 spiro atoms. The minimum absolute atomic E-state index is 0.110. The Balaban J connectivity index is 2.31. The fraction of sp³-hybridized carbons (Fsp3) is 0.500. The lowest BCUT2D eigenvalue weighted by Gasteiger charge is -2.22. The highest BCUT2D eigenvalue weighted by atomic mass is 16.5. The average molecular weight is 365 g/mol. The van der Waals surface area contributed by atoms with Crippen molar-refractivity contribution in [3.63, 3.8) is 0 Å². The molecule has 0 bridgehead atoms. The molecule has 0 radical (unpaired) electrons. The maximum Gasteiger partial charge on any atom is 0.407 e. The third kappa shape index (κ3) is 7.98. The Morgan fingerprint density at radius 1 is 1.23 bits per heavy atom. The number of amides is 3. The standard InChI is InChI=1S/C18H27N3O5/c1-3-12(2)16(17(19)24)21-15(23)9-14(22)10-20-18(25)26-11-13-7-5-4-6-8-13/h4-8,12,14,16,22H,3,9-11H2,1-2H3,(H2,19,24)(H,20,25)(H,21,23)/t12-,14+,16+/m0/s1. The number of hydrogen-bond donors (Lipinski definition) is 4. The van der Waals surface area contributed by atoms with Crippen molar-refractivity contribution in [3.8, 4) is 0 Å². The van der Waals surface area contributed by atoms with E-state index in [1.807, 2.05) is 37.3 Å². The maximum absolute atomic E-state index is 11.9. The molecule has 0 aromatic heterocycles. The monoisotopic (exact) mass is 365 g/mol. The number of hydrogen-bond acceptors (Lipinski definition) is 5. The van der Waals surface area contributed by atoms with Gasteiger partial charge in [-0.25, -0.2) is 4.79 Å². The number of carbonyl (C=O) groups is 3. The lowest BCUT2D eigenvalue weighted by atomic mass is 9.98. The van der Waals surface area contributed by atoms with Crippen LogP contribution in [-0.2, 0) is 20.9 Å². The van der Waals surface area contributed by atoms with Crippen molar-refractivity contribution in [1.82, 2.24) is 10.6 Å². The summed E-state index contributed by atoms with van der Waals surface area (Å²) in [4.78, 5) is 34.9. The molecular formula is C18H27N3O5. The summed E-state index contributed by atoms with van der Waals surface area (Å²) >= 11 is 0. The molecule has 0 aliphatic heterocycles. The minimum Gasteiger partial charge on any atom is -0.445 e. The first kappa shape index (κ1) is 21.4. The Morgan fingerprint density at radius 3 is 2.46 bits per heavy atom. The molecule has 1 rings (SSSR count). The van der Waals surface area contributed by atoms with Gasteiger partial charge in [-0.05, 0) is 11.5 Å². The average Bonchev–Trinajstić information content (AvgIpc) is 2.62. The highest BCUT2D eigenvalue weighted by Crippen LogP contribution is 2.08. The highest BCUT2D eigenvalue weighted by molar-refractivity contribution is 5.87. The van der Waals surface area contributed by atoms with Crippen LogP contribution in [0.5, 0.6) is 0 Å². The van der Waals surface area contributed by atoms with Crippen molar-refractivity contribution >= 4 is 17.9 Å². The van der Waals surface area contributed by atoms with Crippen LogP contribution in [-0.4, -0.2) is 41.7 Å². The molecule has 1 aromatic carbocycles. The van der Waals surface area contributed by atoms with E-state index in [1.165, 1.54) is 0 Å². The first-order valence-electron chi connectivity index (χ1n) is 8.54. The lowest BCUT2D eigenvalue weighted by Crippen LogP contribution is -2.49. The number of benzene rings is 1. The van der Waals surface area contributed by atoms with Crippen LogP contribution in [0, 0.1) is 5.92 Å². The topological polar surface area (TPSA) is 131 Å². The molecule has 0 fully saturated rings. The fourth-order valence-corrected chi connectivity index (χ4v) is 2.22. The molecule has 0 saturated heterocycles. The Hall–Kier alpha value is -2.61. The summed E-state index contributed by atoms with van der Waals surface area (Å²) in [5, 5.41) is 14.8. The molecule has 8 heteroatoms. The Morgan fingerprint density at radius 2 is 1.88 bits per heavy atom.